The maximum Gasteiger partial charge on any atom is 0.245 e. The summed E-state index contributed by atoms with van der Waals surface area (Å²) in [5, 5.41) is 7.05. The van der Waals surface area contributed by atoms with E-state index in [4.69, 9.17) is 0 Å². The average molecular weight is 291 g/mol. The topological polar surface area (TPSA) is 80.1 Å². The van der Waals surface area contributed by atoms with Gasteiger partial charge in [-0.3, -0.25) is 9.59 Å². The van der Waals surface area contributed by atoms with Gasteiger partial charge < -0.3 is 10.2 Å². The van der Waals surface area contributed by atoms with Gasteiger partial charge in [-0.1, -0.05) is 6.92 Å². The first-order valence-corrected chi connectivity index (χ1v) is 7.64. The highest BCUT2D eigenvalue weighted by molar-refractivity contribution is 5.90. The molecule has 7 heteroatoms. The third kappa shape index (κ3) is 3.06. The van der Waals surface area contributed by atoms with Gasteiger partial charge in [0.25, 0.3) is 0 Å². The third-order valence-electron chi connectivity index (χ3n) is 4.06. The largest absolute Gasteiger partial charge is 0.344 e. The van der Waals surface area contributed by atoms with Crippen molar-refractivity contribution < 1.29 is 9.59 Å². The number of nitrogens with zero attached hydrogens (tertiary/aromatic N) is 4. The standard InChI is InChI=1S/C14H21N5O2/c1-2-6-19-11(15-9-16-19)8-18-7-5-12(20)17-13(14(18)21)10-3-4-10/h9-10,13H,2-8H2,1H3,(H,17,20). The Balaban J connectivity index is 1.74. The summed E-state index contributed by atoms with van der Waals surface area (Å²) in [6.07, 6.45) is 4.90. The van der Waals surface area contributed by atoms with Gasteiger partial charge in [0.1, 0.15) is 18.2 Å². The molecule has 1 saturated heterocycles. The molecule has 1 aromatic heterocycles. The van der Waals surface area contributed by atoms with Gasteiger partial charge >= 0.3 is 0 Å². The maximum absolute atomic E-state index is 12.6. The van der Waals surface area contributed by atoms with Crippen LogP contribution in [0.4, 0.5) is 0 Å². The first-order valence-electron chi connectivity index (χ1n) is 7.64. The van der Waals surface area contributed by atoms with Gasteiger partial charge in [0, 0.05) is 19.5 Å². The minimum absolute atomic E-state index is 0.0226. The number of aromatic nitrogens is 3. The number of carbonyl (C=O) groups is 2. The summed E-state index contributed by atoms with van der Waals surface area (Å²) in [6.45, 7) is 3.75. The predicted octanol–water partition coefficient (Wildman–Crippen LogP) is 0.315. The molecule has 1 saturated carbocycles. The van der Waals surface area contributed by atoms with E-state index in [1.807, 2.05) is 4.68 Å². The summed E-state index contributed by atoms with van der Waals surface area (Å²) >= 11 is 0. The maximum atomic E-state index is 12.6. The van der Waals surface area contributed by atoms with Gasteiger partial charge in [-0.25, -0.2) is 9.67 Å². The van der Waals surface area contributed by atoms with Crippen LogP contribution < -0.4 is 5.32 Å². The Labute approximate surface area is 123 Å². The van der Waals surface area contributed by atoms with E-state index in [9.17, 15) is 9.59 Å². The van der Waals surface area contributed by atoms with Gasteiger partial charge in [-0.2, -0.15) is 5.10 Å². The van der Waals surface area contributed by atoms with E-state index in [-0.39, 0.29) is 17.9 Å². The second kappa shape index (κ2) is 5.83. The van der Waals surface area contributed by atoms with Gasteiger partial charge in [-0.15, -0.1) is 0 Å². The molecule has 1 atom stereocenters. The number of aryl methyl sites for hydroxylation is 1. The predicted molar refractivity (Wildman–Crippen MR) is 75.0 cm³/mol. The summed E-state index contributed by atoms with van der Waals surface area (Å²) < 4.78 is 1.83. The quantitative estimate of drug-likeness (QED) is 0.847. The molecule has 0 bridgehead atoms. The Hall–Kier alpha value is -1.92. The van der Waals surface area contributed by atoms with Crippen molar-refractivity contribution in [3.05, 3.63) is 12.2 Å². The second-order valence-electron chi connectivity index (χ2n) is 5.79. The molecule has 7 nitrogen and oxygen atoms in total. The van der Waals surface area contributed by atoms with Crippen LogP contribution in [-0.4, -0.2) is 44.1 Å². The number of hydrogen-bond acceptors (Lipinski definition) is 4. The molecule has 2 amide bonds. The minimum atomic E-state index is -0.345. The Morgan fingerprint density at radius 3 is 2.90 bits per heavy atom. The smallest absolute Gasteiger partial charge is 0.245 e. The zero-order chi connectivity index (χ0) is 14.8. The van der Waals surface area contributed by atoms with Crippen LogP contribution in [-0.2, 0) is 22.7 Å². The molecule has 1 aliphatic heterocycles. The second-order valence-corrected chi connectivity index (χ2v) is 5.79. The highest BCUT2D eigenvalue weighted by Crippen LogP contribution is 2.34. The van der Waals surface area contributed by atoms with Crippen LogP contribution in [0.3, 0.4) is 0 Å². The number of rotatable bonds is 5. The number of carbonyl (C=O) groups excluding carboxylic acids is 2. The summed E-state index contributed by atoms with van der Waals surface area (Å²) in [5.74, 6) is 1.09. The van der Waals surface area contributed by atoms with Crippen LogP contribution in [0.25, 0.3) is 0 Å². The first-order chi connectivity index (χ1) is 10.2. The van der Waals surface area contributed by atoms with E-state index in [2.05, 4.69) is 22.3 Å². The molecule has 0 spiro atoms. The molecule has 2 heterocycles. The highest BCUT2D eigenvalue weighted by Gasteiger charge is 2.41. The van der Waals surface area contributed by atoms with Crippen LogP contribution in [0.1, 0.15) is 38.4 Å². The fourth-order valence-corrected chi connectivity index (χ4v) is 2.74. The Morgan fingerprint density at radius 2 is 2.19 bits per heavy atom. The van der Waals surface area contributed by atoms with Crippen LogP contribution >= 0.6 is 0 Å². The molecule has 1 N–H and O–H groups in total. The molecule has 2 aliphatic rings. The molecular weight excluding hydrogens is 270 g/mol. The number of hydrogen-bond donors (Lipinski definition) is 1. The van der Waals surface area contributed by atoms with E-state index in [1.54, 1.807) is 4.90 Å². The summed E-state index contributed by atoms with van der Waals surface area (Å²) in [6, 6.07) is -0.345. The third-order valence-corrected chi connectivity index (χ3v) is 4.06. The lowest BCUT2D eigenvalue weighted by atomic mass is 10.1. The van der Waals surface area contributed by atoms with E-state index < -0.39 is 0 Å². The van der Waals surface area contributed by atoms with Gasteiger partial charge in [0.05, 0.1) is 6.54 Å². The van der Waals surface area contributed by atoms with Crippen molar-refractivity contribution in [2.45, 2.75) is 51.7 Å². The number of amides is 2. The van der Waals surface area contributed by atoms with Crippen molar-refractivity contribution in [3.8, 4) is 0 Å². The molecule has 3 rings (SSSR count). The minimum Gasteiger partial charge on any atom is -0.344 e. The molecule has 0 radical (unpaired) electrons. The molecule has 2 fully saturated rings. The van der Waals surface area contributed by atoms with Crippen LogP contribution in [0.5, 0.6) is 0 Å². The van der Waals surface area contributed by atoms with Gasteiger partial charge in [-0.05, 0) is 25.2 Å². The molecule has 1 aliphatic carbocycles. The van der Waals surface area contributed by atoms with Crippen molar-refractivity contribution in [1.82, 2.24) is 25.0 Å². The zero-order valence-electron chi connectivity index (χ0n) is 12.3. The molecule has 1 unspecified atom stereocenters. The summed E-state index contributed by atoms with van der Waals surface area (Å²) in [7, 11) is 0. The molecule has 0 aromatic carbocycles. The number of nitrogens with one attached hydrogen (secondary N) is 1. The molecule has 21 heavy (non-hydrogen) atoms. The summed E-state index contributed by atoms with van der Waals surface area (Å²) in [5.41, 5.74) is 0. The SMILES string of the molecule is CCCn1ncnc1CN1CCC(=O)NC(C2CC2)C1=O. The average Bonchev–Trinajstić information content (AvgIpc) is 3.23. The Kier molecular flexibility index (Phi) is 3.90. The van der Waals surface area contributed by atoms with Crippen LogP contribution in [0, 0.1) is 5.92 Å². The van der Waals surface area contributed by atoms with Gasteiger partial charge in [0.15, 0.2) is 0 Å². The fraction of sp³-hybridized carbons (Fsp3) is 0.714. The Bertz CT molecular complexity index is 537. The fourth-order valence-electron chi connectivity index (χ4n) is 2.74. The van der Waals surface area contributed by atoms with Crippen molar-refractivity contribution in [1.29, 1.82) is 0 Å². The van der Waals surface area contributed by atoms with Crippen molar-refractivity contribution in [2.75, 3.05) is 6.54 Å². The van der Waals surface area contributed by atoms with Crippen molar-refractivity contribution in [2.24, 2.45) is 5.92 Å². The summed E-state index contributed by atoms with van der Waals surface area (Å²) in [4.78, 5) is 30.4. The van der Waals surface area contributed by atoms with E-state index in [0.717, 1.165) is 31.6 Å². The van der Waals surface area contributed by atoms with Crippen LogP contribution in [0.2, 0.25) is 0 Å². The molecular formula is C14H21N5O2. The van der Waals surface area contributed by atoms with Crippen LogP contribution in [0.15, 0.2) is 6.33 Å². The van der Waals surface area contributed by atoms with E-state index >= 15 is 0 Å². The zero-order valence-corrected chi connectivity index (χ0v) is 12.3. The monoisotopic (exact) mass is 291 g/mol. The van der Waals surface area contributed by atoms with E-state index in [0.29, 0.717) is 25.4 Å². The molecule has 114 valence electrons. The highest BCUT2D eigenvalue weighted by atomic mass is 16.2. The van der Waals surface area contributed by atoms with Crippen molar-refractivity contribution >= 4 is 11.8 Å². The molecule has 1 aromatic rings. The lowest BCUT2D eigenvalue weighted by Crippen LogP contribution is -2.46. The normalized spacial score (nSPS) is 23.1. The van der Waals surface area contributed by atoms with Crippen molar-refractivity contribution in [3.63, 3.8) is 0 Å². The Morgan fingerprint density at radius 1 is 1.38 bits per heavy atom. The first kappa shape index (κ1) is 14.0. The van der Waals surface area contributed by atoms with E-state index in [1.165, 1.54) is 6.33 Å². The lowest BCUT2D eigenvalue weighted by molar-refractivity contribution is -0.134. The lowest BCUT2D eigenvalue weighted by Gasteiger charge is -2.23. The van der Waals surface area contributed by atoms with Gasteiger partial charge in [0.2, 0.25) is 11.8 Å².